The number of amides is 1. The molecule has 3 rings (SSSR count). The van der Waals surface area contributed by atoms with E-state index in [1.54, 1.807) is 11.1 Å². The van der Waals surface area contributed by atoms with Crippen molar-refractivity contribution in [2.75, 3.05) is 6.54 Å². The Hall–Kier alpha value is -2.56. The Morgan fingerprint density at radius 1 is 1.16 bits per heavy atom. The molecular weight excluding hydrogens is 316 g/mol. The van der Waals surface area contributed by atoms with Gasteiger partial charge in [0.05, 0.1) is 6.04 Å². The molecule has 0 unspecified atom stereocenters. The van der Waals surface area contributed by atoms with Crippen LogP contribution in [0, 0.1) is 0 Å². The number of hydrogen-bond donors (Lipinski definition) is 0. The van der Waals surface area contributed by atoms with Crippen molar-refractivity contribution in [3.63, 3.8) is 0 Å². The first-order valence-electron chi connectivity index (χ1n) is 8.61. The molecule has 0 N–H and O–H groups in total. The molecule has 0 radical (unpaired) electrons. The lowest BCUT2D eigenvalue weighted by molar-refractivity contribution is 0.0224. The predicted molar refractivity (Wildman–Crippen MR) is 95.7 cm³/mol. The van der Waals surface area contributed by atoms with Gasteiger partial charge in [-0.2, -0.15) is 0 Å². The largest absolute Gasteiger partial charge is 0.444 e. The minimum absolute atomic E-state index is 0.00752. The zero-order valence-corrected chi connectivity index (χ0v) is 14.9. The number of rotatable bonds is 3. The van der Waals surface area contributed by atoms with Crippen LogP contribution in [-0.4, -0.2) is 28.1 Å². The van der Waals surface area contributed by atoms with Crippen molar-refractivity contribution in [3.05, 3.63) is 54.2 Å². The summed E-state index contributed by atoms with van der Waals surface area (Å²) in [6.45, 7) is 6.36. The summed E-state index contributed by atoms with van der Waals surface area (Å²) >= 11 is 0. The lowest BCUT2D eigenvalue weighted by atomic mass is 10.1. The molecule has 0 bridgehead atoms. The van der Waals surface area contributed by atoms with Crippen LogP contribution in [0.25, 0.3) is 0 Å². The molecule has 1 saturated heterocycles. The molecule has 0 aliphatic carbocycles. The molecular formula is C20H24N2O3. The summed E-state index contributed by atoms with van der Waals surface area (Å²) in [4.78, 5) is 18.6. The van der Waals surface area contributed by atoms with E-state index in [0.29, 0.717) is 12.4 Å². The topological polar surface area (TPSA) is 51.7 Å². The number of benzene rings is 1. The average Bonchev–Trinajstić information content (AvgIpc) is 3.05. The number of likely N-dealkylation sites (tertiary alicyclic amines) is 1. The Bertz CT molecular complexity index is 708. The maximum atomic E-state index is 12.4. The van der Waals surface area contributed by atoms with E-state index in [1.165, 1.54) is 0 Å². The molecule has 0 saturated carbocycles. The van der Waals surface area contributed by atoms with Crippen molar-refractivity contribution < 1.29 is 14.3 Å². The maximum Gasteiger partial charge on any atom is 0.410 e. The number of carbonyl (C=O) groups excluding carboxylic acids is 1. The number of ether oxygens (including phenoxy) is 2. The highest BCUT2D eigenvalue weighted by Gasteiger charge is 2.33. The minimum atomic E-state index is -0.490. The molecule has 2 aromatic rings. The van der Waals surface area contributed by atoms with E-state index in [4.69, 9.17) is 9.47 Å². The summed E-state index contributed by atoms with van der Waals surface area (Å²) in [5.41, 5.74) is 0.513. The third-order valence-electron chi connectivity index (χ3n) is 3.99. The number of para-hydroxylation sites is 1. The van der Waals surface area contributed by atoms with Gasteiger partial charge in [0.25, 0.3) is 0 Å². The summed E-state index contributed by atoms with van der Waals surface area (Å²) < 4.78 is 11.2. The fraction of sp³-hybridized carbons (Fsp3) is 0.400. The zero-order valence-electron chi connectivity index (χ0n) is 14.9. The molecule has 1 aliphatic rings. The van der Waals surface area contributed by atoms with E-state index in [1.807, 2.05) is 63.2 Å². The molecule has 1 aliphatic heterocycles. The normalized spacial score (nSPS) is 17.4. The predicted octanol–water partition coefficient (Wildman–Crippen LogP) is 4.95. The summed E-state index contributed by atoms with van der Waals surface area (Å²) in [5.74, 6) is 1.29. The lowest BCUT2D eigenvalue weighted by Gasteiger charge is -2.28. The molecule has 2 heterocycles. The van der Waals surface area contributed by atoms with Crippen LogP contribution in [0.15, 0.2) is 48.7 Å². The molecule has 132 valence electrons. The molecule has 0 spiro atoms. The number of nitrogens with zero attached hydrogens (tertiary/aromatic N) is 2. The van der Waals surface area contributed by atoms with E-state index < -0.39 is 5.60 Å². The Kier molecular flexibility index (Phi) is 4.93. The highest BCUT2D eigenvalue weighted by atomic mass is 16.6. The van der Waals surface area contributed by atoms with Gasteiger partial charge in [-0.05, 0) is 51.3 Å². The second-order valence-electron chi connectivity index (χ2n) is 7.18. The van der Waals surface area contributed by atoms with E-state index in [0.717, 1.165) is 24.2 Å². The Morgan fingerprint density at radius 2 is 1.92 bits per heavy atom. The van der Waals surface area contributed by atoms with E-state index in [-0.39, 0.29) is 12.1 Å². The van der Waals surface area contributed by atoms with Crippen LogP contribution in [0.5, 0.6) is 11.6 Å². The SMILES string of the molecule is CC(C)(C)OC(=O)N1CCC[C@@H]1c1ccc(Oc2ccccc2)nc1. The van der Waals surface area contributed by atoms with Crippen LogP contribution in [-0.2, 0) is 4.74 Å². The Balaban J connectivity index is 1.69. The molecule has 5 heteroatoms. The van der Waals surface area contributed by atoms with E-state index in [9.17, 15) is 4.79 Å². The van der Waals surface area contributed by atoms with Crippen molar-refractivity contribution in [3.8, 4) is 11.6 Å². The first-order chi connectivity index (χ1) is 11.9. The van der Waals surface area contributed by atoms with Gasteiger partial charge in [-0.1, -0.05) is 24.3 Å². The smallest absolute Gasteiger partial charge is 0.410 e. The maximum absolute atomic E-state index is 12.4. The fourth-order valence-electron chi connectivity index (χ4n) is 2.91. The fourth-order valence-corrected chi connectivity index (χ4v) is 2.91. The Morgan fingerprint density at radius 3 is 2.56 bits per heavy atom. The zero-order chi connectivity index (χ0) is 17.9. The second kappa shape index (κ2) is 7.13. The second-order valence-corrected chi connectivity index (χ2v) is 7.18. The van der Waals surface area contributed by atoms with Gasteiger partial charge in [-0.25, -0.2) is 9.78 Å². The number of aromatic nitrogens is 1. The lowest BCUT2D eigenvalue weighted by Crippen LogP contribution is -2.36. The van der Waals surface area contributed by atoms with Gasteiger partial charge >= 0.3 is 6.09 Å². The van der Waals surface area contributed by atoms with Crippen LogP contribution in [0.4, 0.5) is 4.79 Å². The van der Waals surface area contributed by atoms with Gasteiger partial charge in [0.15, 0.2) is 0 Å². The highest BCUT2D eigenvalue weighted by Crippen LogP contribution is 2.33. The number of hydrogen-bond acceptors (Lipinski definition) is 4. The van der Waals surface area contributed by atoms with Gasteiger partial charge in [-0.3, -0.25) is 0 Å². The summed E-state index contributed by atoms with van der Waals surface area (Å²) in [6, 6.07) is 13.4. The molecule has 1 aromatic heterocycles. The van der Waals surface area contributed by atoms with Crippen LogP contribution in [0.3, 0.4) is 0 Å². The first-order valence-corrected chi connectivity index (χ1v) is 8.61. The molecule has 25 heavy (non-hydrogen) atoms. The third-order valence-corrected chi connectivity index (χ3v) is 3.99. The third kappa shape index (κ3) is 4.50. The summed E-state index contributed by atoms with van der Waals surface area (Å²) in [5, 5.41) is 0. The van der Waals surface area contributed by atoms with Crippen molar-refractivity contribution in [1.82, 2.24) is 9.88 Å². The van der Waals surface area contributed by atoms with Crippen molar-refractivity contribution in [1.29, 1.82) is 0 Å². The quantitative estimate of drug-likeness (QED) is 0.793. The average molecular weight is 340 g/mol. The molecule has 1 atom stereocenters. The van der Waals surface area contributed by atoms with Gasteiger partial charge in [0.2, 0.25) is 5.88 Å². The van der Waals surface area contributed by atoms with Gasteiger partial charge < -0.3 is 14.4 Å². The first kappa shape index (κ1) is 17.3. The van der Waals surface area contributed by atoms with E-state index in [2.05, 4.69) is 4.98 Å². The molecule has 1 aromatic carbocycles. The molecule has 1 fully saturated rings. The van der Waals surface area contributed by atoms with Crippen molar-refractivity contribution >= 4 is 6.09 Å². The minimum Gasteiger partial charge on any atom is -0.444 e. The van der Waals surface area contributed by atoms with Gasteiger partial charge in [0, 0.05) is 18.8 Å². The highest BCUT2D eigenvalue weighted by molar-refractivity contribution is 5.69. The molecule has 1 amide bonds. The van der Waals surface area contributed by atoms with Crippen LogP contribution >= 0.6 is 0 Å². The number of carbonyl (C=O) groups is 1. The molecule has 5 nitrogen and oxygen atoms in total. The van der Waals surface area contributed by atoms with Crippen LogP contribution < -0.4 is 4.74 Å². The van der Waals surface area contributed by atoms with Crippen LogP contribution in [0.1, 0.15) is 45.2 Å². The monoisotopic (exact) mass is 340 g/mol. The van der Waals surface area contributed by atoms with Gasteiger partial charge in [-0.15, -0.1) is 0 Å². The Labute approximate surface area is 148 Å². The number of pyridine rings is 1. The van der Waals surface area contributed by atoms with Crippen molar-refractivity contribution in [2.45, 2.75) is 45.3 Å². The summed E-state index contributed by atoms with van der Waals surface area (Å²) in [6.07, 6.45) is 3.40. The summed E-state index contributed by atoms with van der Waals surface area (Å²) in [7, 11) is 0. The van der Waals surface area contributed by atoms with Gasteiger partial charge in [0.1, 0.15) is 11.4 Å². The van der Waals surface area contributed by atoms with Crippen molar-refractivity contribution in [2.24, 2.45) is 0 Å². The van der Waals surface area contributed by atoms with Crippen LogP contribution in [0.2, 0.25) is 0 Å². The standard InChI is InChI=1S/C20H24N2O3/c1-20(2,3)25-19(23)22-13-7-10-17(22)15-11-12-18(21-14-15)24-16-8-5-4-6-9-16/h4-6,8-9,11-12,14,17H,7,10,13H2,1-3H3/t17-/m1/s1. The van der Waals surface area contributed by atoms with E-state index >= 15 is 0 Å².